The number of amides is 1. The van der Waals surface area contributed by atoms with Gasteiger partial charge in [0.15, 0.2) is 0 Å². The van der Waals surface area contributed by atoms with Crippen molar-refractivity contribution in [1.29, 1.82) is 5.26 Å². The fraction of sp³-hybridized carbons (Fsp3) is 0.158. The molecule has 0 unspecified atom stereocenters. The van der Waals surface area contributed by atoms with E-state index in [0.29, 0.717) is 30.2 Å². The Kier molecular flexibility index (Phi) is 4.07. The van der Waals surface area contributed by atoms with Crippen LogP contribution in [0.2, 0.25) is 0 Å². The summed E-state index contributed by atoms with van der Waals surface area (Å²) in [5.74, 6) is 0.285. The maximum Gasteiger partial charge on any atom is 0.272 e. The van der Waals surface area contributed by atoms with E-state index in [1.807, 2.05) is 36.4 Å². The normalized spacial score (nSPS) is 13.7. The summed E-state index contributed by atoms with van der Waals surface area (Å²) in [6, 6.07) is 16.7. The van der Waals surface area contributed by atoms with E-state index in [0.717, 1.165) is 11.3 Å². The number of likely N-dealkylation sites (tertiary alicyclic amines) is 1. The summed E-state index contributed by atoms with van der Waals surface area (Å²) in [6.07, 6.45) is 1.41. The standard InChI is InChI=1S/C19H15N5O2/c20-10-13-6-7-21-18(8-13)26-15-11-24(12-15)19(25)17-9-16(22-23-17)14-4-2-1-3-5-14/h1-9,15H,11-12H2,(H,22,23). The second kappa shape index (κ2) is 6.69. The molecule has 1 aromatic carbocycles. The Morgan fingerprint density at radius 2 is 2.04 bits per heavy atom. The van der Waals surface area contributed by atoms with Crippen LogP contribution in [0.1, 0.15) is 16.1 Å². The van der Waals surface area contributed by atoms with Crippen molar-refractivity contribution in [2.75, 3.05) is 13.1 Å². The third kappa shape index (κ3) is 3.13. The molecule has 1 amide bonds. The molecule has 0 spiro atoms. The molecule has 4 rings (SSSR count). The molecule has 1 N–H and O–H groups in total. The Morgan fingerprint density at radius 3 is 2.81 bits per heavy atom. The Morgan fingerprint density at radius 1 is 1.23 bits per heavy atom. The van der Waals surface area contributed by atoms with Crippen molar-refractivity contribution in [1.82, 2.24) is 20.1 Å². The van der Waals surface area contributed by atoms with E-state index in [-0.39, 0.29) is 12.0 Å². The van der Waals surface area contributed by atoms with Crippen LogP contribution in [0.3, 0.4) is 0 Å². The highest BCUT2D eigenvalue weighted by Gasteiger charge is 2.34. The lowest BCUT2D eigenvalue weighted by Gasteiger charge is -2.38. The molecule has 128 valence electrons. The van der Waals surface area contributed by atoms with Gasteiger partial charge in [-0.25, -0.2) is 4.98 Å². The van der Waals surface area contributed by atoms with Gasteiger partial charge in [-0.2, -0.15) is 10.4 Å². The van der Waals surface area contributed by atoms with Crippen LogP contribution < -0.4 is 4.74 Å². The number of aromatic nitrogens is 3. The number of rotatable bonds is 4. The molecule has 0 bridgehead atoms. The van der Waals surface area contributed by atoms with Crippen molar-refractivity contribution in [3.63, 3.8) is 0 Å². The largest absolute Gasteiger partial charge is 0.471 e. The van der Waals surface area contributed by atoms with Crippen LogP contribution in [0, 0.1) is 11.3 Å². The lowest BCUT2D eigenvalue weighted by molar-refractivity contribution is 0.0155. The fourth-order valence-corrected chi connectivity index (χ4v) is 2.75. The summed E-state index contributed by atoms with van der Waals surface area (Å²) in [7, 11) is 0. The number of aromatic amines is 1. The first kappa shape index (κ1) is 15.8. The molecule has 0 radical (unpaired) electrons. The first-order valence-corrected chi connectivity index (χ1v) is 8.16. The SMILES string of the molecule is N#Cc1ccnc(OC2CN(C(=O)c3cc(-c4ccccc4)n[nH]3)C2)c1. The number of nitriles is 1. The number of ether oxygens (including phenoxy) is 1. The number of hydrogen-bond donors (Lipinski definition) is 1. The Balaban J connectivity index is 1.36. The molecule has 3 aromatic rings. The van der Waals surface area contributed by atoms with Gasteiger partial charge in [-0.1, -0.05) is 30.3 Å². The van der Waals surface area contributed by atoms with Crippen LogP contribution in [0.15, 0.2) is 54.7 Å². The van der Waals surface area contributed by atoms with Crippen molar-refractivity contribution in [3.05, 3.63) is 66.0 Å². The molecule has 7 nitrogen and oxygen atoms in total. The highest BCUT2D eigenvalue weighted by atomic mass is 16.5. The third-order valence-electron chi connectivity index (χ3n) is 4.16. The van der Waals surface area contributed by atoms with Crippen molar-refractivity contribution >= 4 is 5.91 Å². The summed E-state index contributed by atoms with van der Waals surface area (Å²) < 4.78 is 5.70. The molecule has 2 aromatic heterocycles. The van der Waals surface area contributed by atoms with E-state index >= 15 is 0 Å². The molecule has 3 heterocycles. The van der Waals surface area contributed by atoms with Crippen LogP contribution >= 0.6 is 0 Å². The summed E-state index contributed by atoms with van der Waals surface area (Å²) in [5, 5.41) is 15.9. The van der Waals surface area contributed by atoms with Crippen LogP contribution in [-0.4, -0.2) is 45.2 Å². The monoisotopic (exact) mass is 345 g/mol. The van der Waals surface area contributed by atoms with E-state index < -0.39 is 0 Å². The van der Waals surface area contributed by atoms with Gasteiger partial charge in [0.05, 0.1) is 30.4 Å². The molecular weight excluding hydrogens is 330 g/mol. The van der Waals surface area contributed by atoms with Crippen molar-refractivity contribution in [3.8, 4) is 23.2 Å². The maximum atomic E-state index is 12.5. The number of benzene rings is 1. The van der Waals surface area contributed by atoms with Crippen LogP contribution in [-0.2, 0) is 0 Å². The van der Waals surface area contributed by atoms with Gasteiger partial charge in [0.2, 0.25) is 5.88 Å². The molecular formula is C19H15N5O2. The number of pyridine rings is 1. The van der Waals surface area contributed by atoms with Crippen LogP contribution in [0.25, 0.3) is 11.3 Å². The summed E-state index contributed by atoms with van der Waals surface area (Å²) in [6.45, 7) is 0.938. The number of nitrogens with one attached hydrogen (secondary N) is 1. The second-order valence-corrected chi connectivity index (χ2v) is 5.98. The minimum absolute atomic E-state index is 0.113. The van der Waals surface area contributed by atoms with E-state index in [1.165, 1.54) is 6.20 Å². The Labute approximate surface area is 149 Å². The number of nitrogens with zero attached hydrogens (tertiary/aromatic N) is 4. The summed E-state index contributed by atoms with van der Waals surface area (Å²) in [4.78, 5) is 18.3. The third-order valence-corrected chi connectivity index (χ3v) is 4.16. The zero-order valence-electron chi connectivity index (χ0n) is 13.8. The summed E-state index contributed by atoms with van der Waals surface area (Å²) in [5.41, 5.74) is 2.64. The molecule has 1 fully saturated rings. The molecule has 0 atom stereocenters. The first-order valence-electron chi connectivity index (χ1n) is 8.16. The van der Waals surface area contributed by atoms with Crippen LogP contribution in [0.5, 0.6) is 5.88 Å². The highest BCUT2D eigenvalue weighted by molar-refractivity contribution is 5.94. The predicted octanol–water partition coefficient (Wildman–Crippen LogP) is 2.25. The van der Waals surface area contributed by atoms with E-state index in [9.17, 15) is 4.79 Å². The number of carbonyl (C=O) groups is 1. The topological polar surface area (TPSA) is 94.9 Å². The van der Waals surface area contributed by atoms with Gasteiger partial charge in [-0.15, -0.1) is 0 Å². The van der Waals surface area contributed by atoms with E-state index in [2.05, 4.69) is 15.2 Å². The first-order chi connectivity index (χ1) is 12.7. The number of carbonyl (C=O) groups excluding carboxylic acids is 1. The second-order valence-electron chi connectivity index (χ2n) is 5.98. The van der Waals surface area contributed by atoms with E-state index in [1.54, 1.807) is 23.1 Å². The Bertz CT molecular complexity index is 971. The van der Waals surface area contributed by atoms with Gasteiger partial charge in [0.1, 0.15) is 11.8 Å². The highest BCUT2D eigenvalue weighted by Crippen LogP contribution is 2.21. The molecule has 26 heavy (non-hydrogen) atoms. The summed E-state index contributed by atoms with van der Waals surface area (Å²) >= 11 is 0. The smallest absolute Gasteiger partial charge is 0.272 e. The minimum atomic E-state index is -0.128. The average Bonchev–Trinajstić information content (AvgIpc) is 3.15. The number of hydrogen-bond acceptors (Lipinski definition) is 5. The zero-order chi connectivity index (χ0) is 17.9. The predicted molar refractivity (Wildman–Crippen MR) is 93.3 cm³/mol. The van der Waals surface area contributed by atoms with Crippen LogP contribution in [0.4, 0.5) is 0 Å². The lowest BCUT2D eigenvalue weighted by atomic mass is 10.1. The van der Waals surface area contributed by atoms with Crippen molar-refractivity contribution in [2.45, 2.75) is 6.10 Å². The van der Waals surface area contributed by atoms with Crippen molar-refractivity contribution < 1.29 is 9.53 Å². The maximum absolute atomic E-state index is 12.5. The van der Waals surface area contributed by atoms with Gasteiger partial charge < -0.3 is 9.64 Å². The number of H-pyrrole nitrogens is 1. The lowest BCUT2D eigenvalue weighted by Crippen LogP contribution is -2.56. The fourth-order valence-electron chi connectivity index (χ4n) is 2.75. The quantitative estimate of drug-likeness (QED) is 0.782. The molecule has 1 aliphatic heterocycles. The molecule has 7 heteroatoms. The minimum Gasteiger partial charge on any atom is -0.471 e. The molecule has 1 saturated heterocycles. The van der Waals surface area contributed by atoms with Crippen molar-refractivity contribution in [2.24, 2.45) is 0 Å². The Hall–Kier alpha value is -3.66. The average molecular weight is 345 g/mol. The van der Waals surface area contributed by atoms with E-state index in [4.69, 9.17) is 10.00 Å². The molecule has 0 saturated carbocycles. The van der Waals surface area contributed by atoms with Gasteiger partial charge >= 0.3 is 0 Å². The van der Waals surface area contributed by atoms with Gasteiger partial charge in [0, 0.05) is 17.8 Å². The zero-order valence-corrected chi connectivity index (χ0v) is 13.8. The van der Waals surface area contributed by atoms with Gasteiger partial charge in [-0.3, -0.25) is 9.89 Å². The van der Waals surface area contributed by atoms with Gasteiger partial charge in [0.25, 0.3) is 5.91 Å². The van der Waals surface area contributed by atoms with Gasteiger partial charge in [-0.05, 0) is 12.1 Å². The molecule has 0 aliphatic carbocycles. The molecule has 1 aliphatic rings.